The van der Waals surface area contributed by atoms with Gasteiger partial charge in [0.05, 0.1) is 23.7 Å². The van der Waals surface area contributed by atoms with Crippen molar-refractivity contribution in [1.82, 2.24) is 25.1 Å². The van der Waals surface area contributed by atoms with Gasteiger partial charge in [-0.2, -0.15) is 4.68 Å². The molecule has 1 atom stereocenters. The second kappa shape index (κ2) is 9.03. The van der Waals surface area contributed by atoms with Crippen LogP contribution in [-0.4, -0.2) is 50.0 Å². The maximum absolute atomic E-state index is 14.3. The smallest absolute Gasteiger partial charge is 0.229 e. The van der Waals surface area contributed by atoms with Gasteiger partial charge in [0.1, 0.15) is 5.82 Å². The predicted molar refractivity (Wildman–Crippen MR) is 112 cm³/mol. The molecule has 1 saturated heterocycles. The van der Waals surface area contributed by atoms with E-state index < -0.39 is 11.7 Å². The minimum absolute atomic E-state index is 0.00830. The van der Waals surface area contributed by atoms with Gasteiger partial charge in [-0.15, -0.1) is 5.10 Å². The van der Waals surface area contributed by atoms with E-state index in [-0.39, 0.29) is 17.5 Å². The van der Waals surface area contributed by atoms with Crippen LogP contribution in [0.3, 0.4) is 0 Å². The SMILES string of the molecule is Cc1nnnn1-c1ccc(F)c(NC(=O)C2CCCN(C(=O)Cc3ccccc3)C2)c1. The van der Waals surface area contributed by atoms with Gasteiger partial charge in [0.25, 0.3) is 0 Å². The van der Waals surface area contributed by atoms with Gasteiger partial charge >= 0.3 is 0 Å². The first-order valence-corrected chi connectivity index (χ1v) is 10.2. The summed E-state index contributed by atoms with van der Waals surface area (Å²) in [5, 5.41) is 13.9. The minimum Gasteiger partial charge on any atom is -0.342 e. The summed E-state index contributed by atoms with van der Waals surface area (Å²) in [4.78, 5) is 27.2. The van der Waals surface area contributed by atoms with E-state index in [9.17, 15) is 14.0 Å². The van der Waals surface area contributed by atoms with Crippen molar-refractivity contribution in [3.8, 4) is 5.69 Å². The number of aromatic nitrogens is 4. The first-order valence-electron chi connectivity index (χ1n) is 10.2. The molecule has 1 fully saturated rings. The Morgan fingerprint density at radius 1 is 1.19 bits per heavy atom. The zero-order chi connectivity index (χ0) is 21.8. The Morgan fingerprint density at radius 3 is 2.74 bits per heavy atom. The zero-order valence-electron chi connectivity index (χ0n) is 17.2. The fourth-order valence-electron chi connectivity index (χ4n) is 3.75. The van der Waals surface area contributed by atoms with Crippen molar-refractivity contribution in [3.05, 3.63) is 65.7 Å². The molecule has 4 rings (SSSR count). The van der Waals surface area contributed by atoms with Gasteiger partial charge in [-0.25, -0.2) is 4.39 Å². The highest BCUT2D eigenvalue weighted by Crippen LogP contribution is 2.23. The number of benzene rings is 2. The molecule has 1 aromatic heterocycles. The Labute approximate surface area is 179 Å². The van der Waals surface area contributed by atoms with Crippen LogP contribution < -0.4 is 5.32 Å². The molecule has 0 aliphatic carbocycles. The number of aryl methyl sites for hydroxylation is 1. The van der Waals surface area contributed by atoms with Gasteiger partial charge in [-0.1, -0.05) is 30.3 Å². The van der Waals surface area contributed by atoms with Gasteiger partial charge in [0.15, 0.2) is 5.82 Å². The number of piperidine rings is 1. The Balaban J connectivity index is 1.42. The summed E-state index contributed by atoms with van der Waals surface area (Å²) < 4.78 is 15.8. The molecule has 1 N–H and O–H groups in total. The fourth-order valence-corrected chi connectivity index (χ4v) is 3.75. The zero-order valence-corrected chi connectivity index (χ0v) is 17.2. The van der Waals surface area contributed by atoms with E-state index in [1.165, 1.54) is 16.8 Å². The average Bonchev–Trinajstić information content (AvgIpc) is 3.22. The Bertz CT molecular complexity index is 1080. The first kappa shape index (κ1) is 20.6. The number of rotatable bonds is 5. The van der Waals surface area contributed by atoms with Gasteiger partial charge in [-0.05, 0) is 54.0 Å². The lowest BCUT2D eigenvalue weighted by Crippen LogP contribution is -2.44. The third kappa shape index (κ3) is 4.76. The van der Waals surface area contributed by atoms with E-state index in [4.69, 9.17) is 0 Å². The van der Waals surface area contributed by atoms with Crippen LogP contribution in [0.2, 0.25) is 0 Å². The molecule has 3 aromatic rings. The number of amides is 2. The van der Waals surface area contributed by atoms with Crippen molar-refractivity contribution in [2.45, 2.75) is 26.2 Å². The molecule has 0 saturated carbocycles. The summed E-state index contributed by atoms with van der Waals surface area (Å²) in [5.74, 6) is -0.710. The largest absolute Gasteiger partial charge is 0.342 e. The number of nitrogens with zero attached hydrogens (tertiary/aromatic N) is 5. The average molecular weight is 422 g/mol. The molecule has 160 valence electrons. The molecule has 0 spiro atoms. The first-order chi connectivity index (χ1) is 15.0. The topological polar surface area (TPSA) is 93.0 Å². The lowest BCUT2D eigenvalue weighted by molar-refractivity contribution is -0.133. The maximum Gasteiger partial charge on any atom is 0.229 e. The van der Waals surface area contributed by atoms with Crippen LogP contribution in [-0.2, 0) is 16.0 Å². The number of carbonyl (C=O) groups is 2. The third-order valence-corrected chi connectivity index (χ3v) is 5.42. The highest BCUT2D eigenvalue weighted by molar-refractivity contribution is 5.93. The van der Waals surface area contributed by atoms with E-state index in [2.05, 4.69) is 20.8 Å². The molecule has 2 heterocycles. The summed E-state index contributed by atoms with van der Waals surface area (Å²) in [5.41, 5.74) is 1.54. The monoisotopic (exact) mass is 422 g/mol. The van der Waals surface area contributed by atoms with Gasteiger partial charge in [-0.3, -0.25) is 9.59 Å². The minimum atomic E-state index is -0.546. The van der Waals surface area contributed by atoms with Crippen molar-refractivity contribution in [3.63, 3.8) is 0 Å². The molecule has 0 bridgehead atoms. The number of tetrazole rings is 1. The Morgan fingerprint density at radius 2 is 2.00 bits per heavy atom. The van der Waals surface area contributed by atoms with Crippen LogP contribution in [0.5, 0.6) is 0 Å². The lowest BCUT2D eigenvalue weighted by Gasteiger charge is -2.32. The summed E-state index contributed by atoms with van der Waals surface area (Å²) in [7, 11) is 0. The predicted octanol–water partition coefficient (Wildman–Crippen LogP) is 2.53. The Hall–Kier alpha value is -3.62. The molecule has 2 aromatic carbocycles. The van der Waals surface area contributed by atoms with Crippen LogP contribution in [0.25, 0.3) is 5.69 Å². The number of likely N-dealkylation sites (tertiary alicyclic amines) is 1. The van der Waals surface area contributed by atoms with E-state index in [0.717, 1.165) is 12.0 Å². The van der Waals surface area contributed by atoms with E-state index in [1.807, 2.05) is 30.3 Å². The number of hydrogen-bond donors (Lipinski definition) is 1. The molecule has 2 amide bonds. The molecule has 9 heteroatoms. The molecule has 1 unspecified atom stereocenters. The van der Waals surface area contributed by atoms with Crippen molar-refractivity contribution < 1.29 is 14.0 Å². The summed E-state index contributed by atoms with van der Waals surface area (Å²) in [6, 6.07) is 13.8. The fraction of sp³-hybridized carbons (Fsp3) is 0.318. The Kier molecular flexibility index (Phi) is 6.01. The van der Waals surface area contributed by atoms with Crippen LogP contribution in [0.1, 0.15) is 24.2 Å². The number of halogens is 1. The van der Waals surface area contributed by atoms with Crippen molar-refractivity contribution in [1.29, 1.82) is 0 Å². The second-order valence-corrected chi connectivity index (χ2v) is 7.63. The number of nitrogens with one attached hydrogen (secondary N) is 1. The molecule has 31 heavy (non-hydrogen) atoms. The summed E-state index contributed by atoms with van der Waals surface area (Å²) >= 11 is 0. The highest BCUT2D eigenvalue weighted by atomic mass is 19.1. The van der Waals surface area contributed by atoms with E-state index in [1.54, 1.807) is 17.9 Å². The lowest BCUT2D eigenvalue weighted by atomic mass is 9.96. The van der Waals surface area contributed by atoms with Gasteiger partial charge in [0, 0.05) is 13.1 Å². The normalized spacial score (nSPS) is 16.2. The van der Waals surface area contributed by atoms with Crippen LogP contribution in [0.15, 0.2) is 48.5 Å². The number of anilines is 1. The van der Waals surface area contributed by atoms with Crippen molar-refractivity contribution >= 4 is 17.5 Å². The molecule has 0 radical (unpaired) electrons. The van der Waals surface area contributed by atoms with Gasteiger partial charge in [0.2, 0.25) is 11.8 Å². The molecular formula is C22H23FN6O2. The van der Waals surface area contributed by atoms with Gasteiger partial charge < -0.3 is 10.2 Å². The van der Waals surface area contributed by atoms with Crippen LogP contribution >= 0.6 is 0 Å². The standard InChI is InChI=1S/C22H23FN6O2/c1-15-25-26-27-29(15)18-9-10-19(23)20(13-18)24-22(31)17-8-5-11-28(14-17)21(30)12-16-6-3-2-4-7-16/h2-4,6-7,9-10,13,17H,5,8,11-12,14H2,1H3,(H,24,31). The van der Waals surface area contributed by atoms with E-state index in [0.29, 0.717) is 37.4 Å². The summed E-state index contributed by atoms with van der Waals surface area (Å²) in [6.45, 7) is 2.67. The quantitative estimate of drug-likeness (QED) is 0.682. The van der Waals surface area contributed by atoms with Crippen LogP contribution in [0.4, 0.5) is 10.1 Å². The summed E-state index contributed by atoms with van der Waals surface area (Å²) in [6.07, 6.45) is 1.68. The maximum atomic E-state index is 14.3. The highest BCUT2D eigenvalue weighted by Gasteiger charge is 2.29. The number of carbonyl (C=O) groups excluding carboxylic acids is 2. The molecule has 1 aliphatic heterocycles. The number of hydrogen-bond acceptors (Lipinski definition) is 5. The molecule has 8 nitrogen and oxygen atoms in total. The third-order valence-electron chi connectivity index (χ3n) is 5.42. The van der Waals surface area contributed by atoms with Crippen molar-refractivity contribution in [2.75, 3.05) is 18.4 Å². The van der Waals surface area contributed by atoms with Crippen LogP contribution in [0, 0.1) is 18.7 Å². The van der Waals surface area contributed by atoms with Crippen molar-refractivity contribution in [2.24, 2.45) is 5.92 Å². The molecular weight excluding hydrogens is 399 g/mol. The molecule has 1 aliphatic rings. The van der Waals surface area contributed by atoms with E-state index >= 15 is 0 Å². The second-order valence-electron chi connectivity index (χ2n) is 7.63.